The Morgan fingerprint density at radius 2 is 1.79 bits per heavy atom. The Labute approximate surface area is 114 Å². The molecule has 2 aromatic carbocycles. The number of carbonyl (C=O) groups is 1. The van der Waals surface area contributed by atoms with Crippen molar-refractivity contribution in [3.05, 3.63) is 83.9 Å². The average Bonchev–Trinajstić information content (AvgIpc) is 2.46. The van der Waals surface area contributed by atoms with E-state index in [1.165, 1.54) is 0 Å². The molecule has 1 nitrogen and oxygen atoms in total. The Hall–Kier alpha value is -2.15. The Kier molecular flexibility index (Phi) is 3.66. The molecule has 96 valence electrons. The van der Waals surface area contributed by atoms with E-state index in [2.05, 4.69) is 6.58 Å². The molecule has 0 saturated carbocycles. The van der Waals surface area contributed by atoms with Gasteiger partial charge in [0.2, 0.25) is 0 Å². The Morgan fingerprint density at radius 1 is 1.11 bits per heavy atom. The summed E-state index contributed by atoms with van der Waals surface area (Å²) in [5.41, 5.74) is 2.15. The number of aryl methyl sites for hydroxylation is 1. The highest BCUT2D eigenvalue weighted by Gasteiger charge is 2.32. The van der Waals surface area contributed by atoms with Crippen LogP contribution < -0.4 is 0 Å². The van der Waals surface area contributed by atoms with Gasteiger partial charge in [0.25, 0.3) is 0 Å². The number of hydrogen-bond acceptors (Lipinski definition) is 1. The highest BCUT2D eigenvalue weighted by Crippen LogP contribution is 2.29. The summed E-state index contributed by atoms with van der Waals surface area (Å²) >= 11 is 0. The average molecular weight is 250 g/mol. The summed E-state index contributed by atoms with van der Waals surface area (Å²) in [6, 6.07) is 17.4. The number of hydrogen-bond donors (Lipinski definition) is 0. The third-order valence-corrected chi connectivity index (χ3v) is 3.53. The van der Waals surface area contributed by atoms with Gasteiger partial charge < -0.3 is 0 Å². The number of allylic oxidation sites excluding steroid dienone is 1. The zero-order chi connectivity index (χ0) is 13.9. The van der Waals surface area contributed by atoms with Crippen LogP contribution in [0.25, 0.3) is 0 Å². The van der Waals surface area contributed by atoms with E-state index >= 15 is 0 Å². The standard InChI is InChI=1S/C18H18O/c1-4-18(3,16-12-8-9-14(2)13-16)17(19)15-10-6-5-7-11-15/h4-13H,1H2,2-3H3/t18-/m1/s1. The van der Waals surface area contributed by atoms with Crippen molar-refractivity contribution >= 4 is 5.78 Å². The first kappa shape index (κ1) is 13.3. The van der Waals surface area contributed by atoms with E-state index in [9.17, 15) is 4.79 Å². The molecule has 1 heteroatoms. The Morgan fingerprint density at radius 3 is 2.37 bits per heavy atom. The van der Waals surface area contributed by atoms with Gasteiger partial charge in [-0.1, -0.05) is 66.2 Å². The van der Waals surface area contributed by atoms with Crippen molar-refractivity contribution < 1.29 is 4.79 Å². The van der Waals surface area contributed by atoms with E-state index in [4.69, 9.17) is 0 Å². The van der Waals surface area contributed by atoms with E-state index in [1.54, 1.807) is 6.08 Å². The van der Waals surface area contributed by atoms with Gasteiger partial charge in [-0.3, -0.25) is 4.79 Å². The predicted octanol–water partition coefficient (Wildman–Crippen LogP) is 4.32. The largest absolute Gasteiger partial charge is 0.293 e. The molecule has 2 aromatic rings. The van der Waals surface area contributed by atoms with Crippen LogP contribution in [-0.2, 0) is 5.41 Å². The van der Waals surface area contributed by atoms with Crippen LogP contribution in [0.4, 0.5) is 0 Å². The predicted molar refractivity (Wildman–Crippen MR) is 79.5 cm³/mol. The lowest BCUT2D eigenvalue weighted by Gasteiger charge is -2.25. The van der Waals surface area contributed by atoms with Crippen molar-refractivity contribution in [2.75, 3.05) is 0 Å². The number of Topliss-reactive ketones (excluding diaryl/α,β-unsaturated/α-hetero) is 1. The van der Waals surface area contributed by atoms with E-state index < -0.39 is 5.41 Å². The van der Waals surface area contributed by atoms with Crippen LogP contribution in [0, 0.1) is 6.92 Å². The van der Waals surface area contributed by atoms with E-state index in [0.717, 1.165) is 11.1 Å². The van der Waals surface area contributed by atoms with Crippen molar-refractivity contribution in [2.24, 2.45) is 0 Å². The molecule has 0 amide bonds. The van der Waals surface area contributed by atoms with Gasteiger partial charge in [-0.05, 0) is 19.4 Å². The van der Waals surface area contributed by atoms with Crippen molar-refractivity contribution in [3.63, 3.8) is 0 Å². The Bertz CT molecular complexity index is 598. The minimum Gasteiger partial charge on any atom is -0.293 e. The van der Waals surface area contributed by atoms with Gasteiger partial charge in [-0.15, -0.1) is 6.58 Å². The van der Waals surface area contributed by atoms with Gasteiger partial charge in [0, 0.05) is 5.56 Å². The summed E-state index contributed by atoms with van der Waals surface area (Å²) in [6.07, 6.45) is 1.73. The molecular formula is C18H18O. The van der Waals surface area contributed by atoms with Gasteiger partial charge in [-0.25, -0.2) is 0 Å². The molecule has 0 aliphatic heterocycles. The molecule has 0 heterocycles. The number of carbonyl (C=O) groups excluding carboxylic acids is 1. The van der Waals surface area contributed by atoms with Crippen LogP contribution >= 0.6 is 0 Å². The van der Waals surface area contributed by atoms with Crippen LogP contribution in [0.5, 0.6) is 0 Å². The molecule has 1 atom stereocenters. The number of benzene rings is 2. The first-order valence-corrected chi connectivity index (χ1v) is 6.38. The maximum atomic E-state index is 12.7. The second kappa shape index (κ2) is 5.23. The highest BCUT2D eigenvalue weighted by atomic mass is 16.1. The van der Waals surface area contributed by atoms with Crippen molar-refractivity contribution in [1.82, 2.24) is 0 Å². The summed E-state index contributed by atoms with van der Waals surface area (Å²) < 4.78 is 0. The van der Waals surface area contributed by atoms with E-state index in [0.29, 0.717) is 5.56 Å². The number of rotatable bonds is 4. The van der Waals surface area contributed by atoms with Crippen LogP contribution in [0.15, 0.2) is 67.3 Å². The minimum absolute atomic E-state index is 0.0775. The van der Waals surface area contributed by atoms with Crippen LogP contribution in [0.2, 0.25) is 0 Å². The fourth-order valence-corrected chi connectivity index (χ4v) is 2.20. The van der Waals surface area contributed by atoms with Crippen LogP contribution in [-0.4, -0.2) is 5.78 Å². The minimum atomic E-state index is -0.687. The van der Waals surface area contributed by atoms with Gasteiger partial charge in [0.15, 0.2) is 5.78 Å². The summed E-state index contributed by atoms with van der Waals surface area (Å²) in [4.78, 5) is 12.7. The summed E-state index contributed by atoms with van der Waals surface area (Å²) in [5, 5.41) is 0. The van der Waals surface area contributed by atoms with Crippen molar-refractivity contribution in [1.29, 1.82) is 0 Å². The maximum Gasteiger partial charge on any atom is 0.176 e. The van der Waals surface area contributed by atoms with Crippen molar-refractivity contribution in [2.45, 2.75) is 19.3 Å². The molecular weight excluding hydrogens is 232 g/mol. The molecule has 0 fully saturated rings. The molecule has 0 unspecified atom stereocenters. The zero-order valence-electron chi connectivity index (χ0n) is 11.4. The molecule has 0 aliphatic carbocycles. The molecule has 0 bridgehead atoms. The van der Waals surface area contributed by atoms with Gasteiger partial charge in [0.1, 0.15) is 0 Å². The molecule has 0 N–H and O–H groups in total. The summed E-state index contributed by atoms with van der Waals surface area (Å²) in [6.45, 7) is 7.81. The second-order valence-corrected chi connectivity index (χ2v) is 4.97. The highest BCUT2D eigenvalue weighted by molar-refractivity contribution is 6.05. The van der Waals surface area contributed by atoms with Gasteiger partial charge >= 0.3 is 0 Å². The molecule has 0 radical (unpaired) electrons. The third-order valence-electron chi connectivity index (χ3n) is 3.53. The van der Waals surface area contributed by atoms with Crippen LogP contribution in [0.3, 0.4) is 0 Å². The van der Waals surface area contributed by atoms with Gasteiger partial charge in [0.05, 0.1) is 5.41 Å². The lowest BCUT2D eigenvalue weighted by atomic mass is 9.76. The zero-order valence-corrected chi connectivity index (χ0v) is 11.4. The second-order valence-electron chi connectivity index (χ2n) is 4.97. The molecule has 0 aliphatic rings. The summed E-state index contributed by atoms with van der Waals surface area (Å²) in [5.74, 6) is 0.0775. The van der Waals surface area contributed by atoms with Crippen LogP contribution in [0.1, 0.15) is 28.4 Å². The van der Waals surface area contributed by atoms with Gasteiger partial charge in [-0.2, -0.15) is 0 Å². The van der Waals surface area contributed by atoms with E-state index in [-0.39, 0.29) is 5.78 Å². The first-order valence-electron chi connectivity index (χ1n) is 6.38. The molecule has 0 spiro atoms. The molecule has 0 saturated heterocycles. The quantitative estimate of drug-likeness (QED) is 0.583. The lowest BCUT2D eigenvalue weighted by molar-refractivity contribution is 0.0927. The fourth-order valence-electron chi connectivity index (χ4n) is 2.20. The normalized spacial score (nSPS) is 13.6. The molecule has 19 heavy (non-hydrogen) atoms. The topological polar surface area (TPSA) is 17.1 Å². The smallest absolute Gasteiger partial charge is 0.176 e. The third kappa shape index (κ3) is 2.50. The number of ketones is 1. The lowest BCUT2D eigenvalue weighted by Crippen LogP contribution is -2.30. The first-order chi connectivity index (χ1) is 9.08. The molecule has 0 aromatic heterocycles. The summed E-state index contributed by atoms with van der Waals surface area (Å²) in [7, 11) is 0. The van der Waals surface area contributed by atoms with Crippen molar-refractivity contribution in [3.8, 4) is 0 Å². The van der Waals surface area contributed by atoms with E-state index in [1.807, 2.05) is 68.4 Å². The SMILES string of the molecule is C=C[C@@](C)(C(=O)c1ccccc1)c1cccc(C)c1. The Balaban J connectivity index is 2.49. The monoisotopic (exact) mass is 250 g/mol. The maximum absolute atomic E-state index is 12.7. The molecule has 2 rings (SSSR count). The fraction of sp³-hybridized carbons (Fsp3) is 0.167.